The van der Waals surface area contributed by atoms with E-state index in [1.807, 2.05) is 11.8 Å². The average molecular weight is 236 g/mol. The average Bonchev–Trinajstić information content (AvgIpc) is 3.15. The van der Waals surface area contributed by atoms with Gasteiger partial charge in [0, 0.05) is 6.04 Å². The van der Waals surface area contributed by atoms with Crippen molar-refractivity contribution in [3.8, 4) is 0 Å². The first-order valence-corrected chi connectivity index (χ1v) is 6.64. The van der Waals surface area contributed by atoms with Crippen molar-refractivity contribution < 1.29 is 9.59 Å². The largest absolute Gasteiger partial charge is 0.340 e. The minimum atomic E-state index is -0.627. The second kappa shape index (κ2) is 3.47. The molecule has 0 spiro atoms. The SMILES string of the molecule is CC(C1CC1)N1CC(=O)NC(C)(C2CC2)C1=O. The monoisotopic (exact) mass is 236 g/mol. The van der Waals surface area contributed by atoms with E-state index in [0.29, 0.717) is 11.8 Å². The molecule has 1 saturated heterocycles. The molecule has 0 aromatic carbocycles. The third-order valence-corrected chi connectivity index (χ3v) is 4.61. The van der Waals surface area contributed by atoms with Gasteiger partial charge in [-0.1, -0.05) is 0 Å². The molecule has 1 N–H and O–H groups in total. The van der Waals surface area contributed by atoms with Gasteiger partial charge in [-0.15, -0.1) is 0 Å². The Bertz CT molecular complexity index is 374. The van der Waals surface area contributed by atoms with Crippen molar-refractivity contribution in [1.29, 1.82) is 0 Å². The molecule has 4 nitrogen and oxygen atoms in total. The summed E-state index contributed by atoms with van der Waals surface area (Å²) in [6, 6.07) is 0.228. The molecule has 1 aliphatic heterocycles. The highest BCUT2D eigenvalue weighted by molar-refractivity contribution is 5.98. The third kappa shape index (κ3) is 1.74. The molecule has 2 unspecified atom stereocenters. The molecule has 0 bridgehead atoms. The maximum Gasteiger partial charge on any atom is 0.249 e. The Kier molecular flexibility index (Phi) is 2.25. The quantitative estimate of drug-likeness (QED) is 0.792. The predicted octanol–water partition coefficient (Wildman–Crippen LogP) is 0.912. The summed E-state index contributed by atoms with van der Waals surface area (Å²) < 4.78 is 0. The number of nitrogens with zero attached hydrogens (tertiary/aromatic N) is 1. The minimum absolute atomic E-state index is 0.00602. The smallest absolute Gasteiger partial charge is 0.249 e. The predicted molar refractivity (Wildman–Crippen MR) is 63.2 cm³/mol. The second-order valence-corrected chi connectivity index (χ2v) is 6.04. The van der Waals surface area contributed by atoms with Crippen LogP contribution >= 0.6 is 0 Å². The maximum absolute atomic E-state index is 12.6. The number of carbonyl (C=O) groups is 2. The van der Waals surface area contributed by atoms with Crippen LogP contribution in [0.3, 0.4) is 0 Å². The Hall–Kier alpha value is -1.06. The lowest BCUT2D eigenvalue weighted by Gasteiger charge is -2.42. The van der Waals surface area contributed by atoms with Gasteiger partial charge in [0.25, 0.3) is 0 Å². The first-order chi connectivity index (χ1) is 8.02. The molecule has 4 heteroatoms. The van der Waals surface area contributed by atoms with Gasteiger partial charge in [0.1, 0.15) is 5.54 Å². The zero-order valence-electron chi connectivity index (χ0n) is 10.5. The van der Waals surface area contributed by atoms with Gasteiger partial charge in [0.05, 0.1) is 6.54 Å². The molecule has 0 aromatic rings. The zero-order chi connectivity index (χ0) is 12.2. The highest BCUT2D eigenvalue weighted by atomic mass is 16.2. The van der Waals surface area contributed by atoms with Gasteiger partial charge in [-0.3, -0.25) is 9.59 Å². The topological polar surface area (TPSA) is 49.4 Å². The van der Waals surface area contributed by atoms with Crippen molar-refractivity contribution >= 4 is 11.8 Å². The molecular formula is C13H20N2O2. The molecule has 2 amide bonds. The van der Waals surface area contributed by atoms with Crippen LogP contribution in [0.2, 0.25) is 0 Å². The normalized spacial score (nSPS) is 35.8. The van der Waals surface area contributed by atoms with Crippen molar-refractivity contribution in [3.63, 3.8) is 0 Å². The van der Waals surface area contributed by atoms with Gasteiger partial charge in [-0.25, -0.2) is 0 Å². The van der Waals surface area contributed by atoms with E-state index in [2.05, 4.69) is 12.2 Å². The number of hydrogen-bond donors (Lipinski definition) is 1. The summed E-state index contributed by atoms with van der Waals surface area (Å²) in [5.41, 5.74) is -0.627. The molecule has 2 saturated carbocycles. The maximum atomic E-state index is 12.6. The summed E-state index contributed by atoms with van der Waals surface area (Å²) in [5.74, 6) is 1.12. The standard InChI is InChI=1S/C13H20N2O2/c1-8(9-3-4-9)15-7-11(16)14-13(2,12(15)17)10-5-6-10/h8-10H,3-7H2,1-2H3,(H,14,16). The van der Waals surface area contributed by atoms with Crippen LogP contribution in [0.25, 0.3) is 0 Å². The fourth-order valence-corrected chi connectivity index (χ4v) is 3.01. The summed E-state index contributed by atoms with van der Waals surface area (Å²) in [5, 5.41) is 2.92. The number of amides is 2. The Morgan fingerprint density at radius 1 is 1.29 bits per heavy atom. The molecule has 1 heterocycles. The Labute approximate surface area is 102 Å². The number of nitrogens with one attached hydrogen (secondary N) is 1. The van der Waals surface area contributed by atoms with Crippen molar-refractivity contribution in [3.05, 3.63) is 0 Å². The number of carbonyl (C=O) groups excluding carboxylic acids is 2. The fraction of sp³-hybridized carbons (Fsp3) is 0.846. The minimum Gasteiger partial charge on any atom is -0.340 e. The van der Waals surface area contributed by atoms with E-state index in [0.717, 1.165) is 12.8 Å². The van der Waals surface area contributed by atoms with Crippen LogP contribution in [0.4, 0.5) is 0 Å². The Balaban J connectivity index is 1.83. The molecule has 2 atom stereocenters. The molecule has 3 aliphatic rings. The van der Waals surface area contributed by atoms with Gasteiger partial charge in [0.2, 0.25) is 11.8 Å². The number of rotatable bonds is 3. The van der Waals surface area contributed by atoms with E-state index in [-0.39, 0.29) is 24.4 Å². The van der Waals surface area contributed by atoms with Gasteiger partial charge in [-0.05, 0) is 51.4 Å². The lowest BCUT2D eigenvalue weighted by molar-refractivity contribution is -0.152. The molecule has 0 radical (unpaired) electrons. The van der Waals surface area contributed by atoms with Crippen molar-refractivity contribution in [1.82, 2.24) is 10.2 Å². The number of piperazine rings is 1. The third-order valence-electron chi connectivity index (χ3n) is 4.61. The van der Waals surface area contributed by atoms with Crippen LogP contribution in [0.1, 0.15) is 39.5 Å². The summed E-state index contributed by atoms with van der Waals surface area (Å²) in [4.78, 5) is 26.2. The van der Waals surface area contributed by atoms with E-state index in [9.17, 15) is 9.59 Å². The van der Waals surface area contributed by atoms with Crippen molar-refractivity contribution in [2.75, 3.05) is 6.54 Å². The van der Waals surface area contributed by atoms with E-state index in [1.54, 1.807) is 0 Å². The van der Waals surface area contributed by atoms with Crippen LogP contribution < -0.4 is 5.32 Å². The molecule has 3 fully saturated rings. The highest BCUT2D eigenvalue weighted by Crippen LogP contribution is 2.43. The van der Waals surface area contributed by atoms with Crippen LogP contribution in [0.5, 0.6) is 0 Å². The Morgan fingerprint density at radius 2 is 1.94 bits per heavy atom. The lowest BCUT2D eigenvalue weighted by Crippen LogP contribution is -2.68. The second-order valence-electron chi connectivity index (χ2n) is 6.04. The number of hydrogen-bond acceptors (Lipinski definition) is 2. The summed E-state index contributed by atoms with van der Waals surface area (Å²) >= 11 is 0. The highest BCUT2D eigenvalue weighted by Gasteiger charge is 2.54. The summed E-state index contributed by atoms with van der Waals surface area (Å²) in [6.07, 6.45) is 4.53. The summed E-state index contributed by atoms with van der Waals surface area (Å²) in [6.45, 7) is 4.23. The molecule has 2 aliphatic carbocycles. The van der Waals surface area contributed by atoms with Crippen molar-refractivity contribution in [2.24, 2.45) is 11.8 Å². The van der Waals surface area contributed by atoms with Gasteiger partial charge in [-0.2, -0.15) is 0 Å². The summed E-state index contributed by atoms with van der Waals surface area (Å²) in [7, 11) is 0. The molecule has 94 valence electrons. The van der Waals surface area contributed by atoms with E-state index in [1.165, 1.54) is 12.8 Å². The Morgan fingerprint density at radius 3 is 2.47 bits per heavy atom. The van der Waals surface area contributed by atoms with Crippen molar-refractivity contribution in [2.45, 2.75) is 51.1 Å². The van der Waals surface area contributed by atoms with Crippen LogP contribution in [0.15, 0.2) is 0 Å². The van der Waals surface area contributed by atoms with E-state index >= 15 is 0 Å². The fourth-order valence-electron chi connectivity index (χ4n) is 3.01. The molecule has 17 heavy (non-hydrogen) atoms. The van der Waals surface area contributed by atoms with Gasteiger partial charge >= 0.3 is 0 Å². The van der Waals surface area contributed by atoms with E-state index in [4.69, 9.17) is 0 Å². The van der Waals surface area contributed by atoms with Gasteiger partial charge < -0.3 is 10.2 Å². The van der Waals surface area contributed by atoms with Crippen LogP contribution in [0, 0.1) is 11.8 Å². The van der Waals surface area contributed by atoms with Crippen LogP contribution in [-0.2, 0) is 9.59 Å². The first kappa shape index (κ1) is 11.1. The molecule has 3 rings (SSSR count). The molecular weight excluding hydrogens is 216 g/mol. The van der Waals surface area contributed by atoms with Crippen LogP contribution in [-0.4, -0.2) is 34.8 Å². The molecule has 0 aromatic heterocycles. The lowest BCUT2D eigenvalue weighted by atomic mass is 9.90. The van der Waals surface area contributed by atoms with Gasteiger partial charge in [0.15, 0.2) is 0 Å². The first-order valence-electron chi connectivity index (χ1n) is 6.64. The zero-order valence-corrected chi connectivity index (χ0v) is 10.5. The van der Waals surface area contributed by atoms with E-state index < -0.39 is 5.54 Å².